The van der Waals surface area contributed by atoms with Crippen LogP contribution < -0.4 is 0 Å². The molecule has 0 aliphatic rings. The Morgan fingerprint density at radius 1 is 1.06 bits per heavy atom. The molecule has 0 aromatic heterocycles. The van der Waals surface area contributed by atoms with Gasteiger partial charge in [-0.25, -0.2) is 0 Å². The second kappa shape index (κ2) is 9.23. The van der Waals surface area contributed by atoms with Gasteiger partial charge >= 0.3 is 0 Å². The van der Waals surface area contributed by atoms with Crippen LogP contribution in [0.5, 0.6) is 0 Å². The van der Waals surface area contributed by atoms with Crippen molar-refractivity contribution in [1.29, 1.82) is 0 Å². The zero-order valence-electron chi connectivity index (χ0n) is 12.1. The molecule has 0 spiro atoms. The molecule has 1 heteroatoms. The molecule has 0 radical (unpaired) electrons. The molecule has 0 fully saturated rings. The van der Waals surface area contributed by atoms with E-state index in [0.717, 1.165) is 19.3 Å². The number of aliphatic hydroxyl groups excluding tert-OH is 1. The van der Waals surface area contributed by atoms with Crippen LogP contribution in [-0.2, 0) is 0 Å². The van der Waals surface area contributed by atoms with Crippen LogP contribution in [0, 0.1) is 5.92 Å². The lowest BCUT2D eigenvalue weighted by Crippen LogP contribution is -1.96. The molecule has 0 heterocycles. The zero-order chi connectivity index (χ0) is 13.3. The van der Waals surface area contributed by atoms with E-state index >= 15 is 0 Å². The highest BCUT2D eigenvalue weighted by atomic mass is 16.2. The molecule has 17 heavy (non-hydrogen) atoms. The maximum Gasteiger partial charge on any atom is 0.0615 e. The number of hydrogen-bond donors (Lipinski definition) is 1. The minimum absolute atomic E-state index is 0.152. The van der Waals surface area contributed by atoms with E-state index in [9.17, 15) is 0 Å². The lowest BCUT2D eigenvalue weighted by atomic mass is 9.97. The molecular weight excluding hydrogens is 208 g/mol. The fourth-order valence-electron chi connectivity index (χ4n) is 1.60. The van der Waals surface area contributed by atoms with E-state index in [4.69, 9.17) is 5.11 Å². The van der Waals surface area contributed by atoms with Crippen LogP contribution in [0.15, 0.2) is 34.9 Å². The monoisotopic (exact) mass is 236 g/mol. The summed E-state index contributed by atoms with van der Waals surface area (Å²) in [6.45, 7) is 10.9. The van der Waals surface area contributed by atoms with E-state index in [-0.39, 0.29) is 6.61 Å². The molecule has 0 amide bonds. The predicted octanol–water partition coefficient (Wildman–Crippen LogP) is 4.64. The van der Waals surface area contributed by atoms with Crippen molar-refractivity contribution in [3.05, 3.63) is 34.9 Å². The van der Waals surface area contributed by atoms with Gasteiger partial charge in [-0.15, -0.1) is 0 Å². The van der Waals surface area contributed by atoms with Crippen LogP contribution in [0.3, 0.4) is 0 Å². The molecule has 1 atom stereocenters. The third kappa shape index (κ3) is 8.93. The molecule has 0 aliphatic heterocycles. The number of allylic oxidation sites excluding steroid dienone is 5. The van der Waals surface area contributed by atoms with Gasteiger partial charge in [0.25, 0.3) is 0 Å². The van der Waals surface area contributed by atoms with Gasteiger partial charge in [0, 0.05) is 0 Å². The summed E-state index contributed by atoms with van der Waals surface area (Å²) in [5.74, 6) is 0.528. The summed E-state index contributed by atoms with van der Waals surface area (Å²) in [6, 6.07) is 0. The van der Waals surface area contributed by atoms with Crippen molar-refractivity contribution in [2.45, 2.75) is 53.9 Å². The summed E-state index contributed by atoms with van der Waals surface area (Å²) in [6.07, 6.45) is 9.89. The van der Waals surface area contributed by atoms with Crippen molar-refractivity contribution in [2.24, 2.45) is 5.92 Å². The average molecular weight is 236 g/mol. The molecule has 0 aromatic carbocycles. The highest BCUT2D eigenvalue weighted by Gasteiger charge is 2.01. The highest BCUT2D eigenvalue weighted by Crippen LogP contribution is 2.17. The van der Waals surface area contributed by atoms with Gasteiger partial charge in [0.05, 0.1) is 6.61 Å². The van der Waals surface area contributed by atoms with Crippen molar-refractivity contribution < 1.29 is 5.11 Å². The topological polar surface area (TPSA) is 20.2 Å². The van der Waals surface area contributed by atoms with E-state index in [0.29, 0.717) is 5.92 Å². The molecule has 0 aromatic rings. The molecule has 0 saturated carbocycles. The minimum atomic E-state index is 0.152. The smallest absolute Gasteiger partial charge is 0.0615 e. The lowest BCUT2D eigenvalue weighted by Gasteiger charge is -2.10. The van der Waals surface area contributed by atoms with Crippen LogP contribution in [-0.4, -0.2) is 11.7 Å². The third-order valence-electron chi connectivity index (χ3n) is 3.10. The van der Waals surface area contributed by atoms with Crippen molar-refractivity contribution >= 4 is 0 Å². The van der Waals surface area contributed by atoms with Gasteiger partial charge in [-0.05, 0) is 52.9 Å². The van der Waals surface area contributed by atoms with Gasteiger partial charge in [0.2, 0.25) is 0 Å². The number of hydrogen-bond acceptors (Lipinski definition) is 1. The fraction of sp³-hybridized carbons (Fsp3) is 0.625. The SMILES string of the molecule is CC(C)=CCC/C(C)=C/C[C@@H](C)/C(C)=C/CO. The molecule has 1 nitrogen and oxygen atoms in total. The summed E-state index contributed by atoms with van der Waals surface area (Å²) < 4.78 is 0. The average Bonchev–Trinajstić information content (AvgIpc) is 2.25. The van der Waals surface area contributed by atoms with E-state index in [2.05, 4.69) is 46.8 Å². The Morgan fingerprint density at radius 3 is 2.24 bits per heavy atom. The van der Waals surface area contributed by atoms with Crippen LogP contribution in [0.2, 0.25) is 0 Å². The van der Waals surface area contributed by atoms with Crippen molar-refractivity contribution in [1.82, 2.24) is 0 Å². The summed E-state index contributed by atoms with van der Waals surface area (Å²) in [5.41, 5.74) is 4.14. The fourth-order valence-corrected chi connectivity index (χ4v) is 1.60. The Labute approximate surface area is 107 Å². The summed E-state index contributed by atoms with van der Waals surface area (Å²) >= 11 is 0. The first-order valence-electron chi connectivity index (χ1n) is 6.53. The third-order valence-corrected chi connectivity index (χ3v) is 3.10. The zero-order valence-corrected chi connectivity index (χ0v) is 12.1. The van der Waals surface area contributed by atoms with Crippen LogP contribution in [0.25, 0.3) is 0 Å². The van der Waals surface area contributed by atoms with Gasteiger partial charge in [0.1, 0.15) is 0 Å². The second-order valence-electron chi connectivity index (χ2n) is 5.14. The first kappa shape index (κ1) is 16.2. The van der Waals surface area contributed by atoms with Crippen LogP contribution in [0.4, 0.5) is 0 Å². The Balaban J connectivity index is 4.06. The van der Waals surface area contributed by atoms with Crippen LogP contribution in [0.1, 0.15) is 53.9 Å². The molecule has 0 saturated heterocycles. The molecule has 0 unspecified atom stereocenters. The molecule has 0 bridgehead atoms. The summed E-state index contributed by atoms with van der Waals surface area (Å²) in [4.78, 5) is 0. The predicted molar refractivity (Wildman–Crippen MR) is 77.0 cm³/mol. The van der Waals surface area contributed by atoms with Gasteiger partial charge in [-0.2, -0.15) is 0 Å². The molecular formula is C16H28O. The van der Waals surface area contributed by atoms with Gasteiger partial charge in [0.15, 0.2) is 0 Å². The first-order valence-corrected chi connectivity index (χ1v) is 6.53. The Bertz CT molecular complexity index is 291. The van der Waals surface area contributed by atoms with Crippen LogP contribution >= 0.6 is 0 Å². The Hall–Kier alpha value is -0.820. The molecule has 0 rings (SSSR count). The maximum atomic E-state index is 8.83. The minimum Gasteiger partial charge on any atom is -0.392 e. The van der Waals surface area contributed by atoms with Crippen molar-refractivity contribution in [2.75, 3.05) is 6.61 Å². The maximum absolute atomic E-state index is 8.83. The van der Waals surface area contributed by atoms with E-state index in [1.165, 1.54) is 16.7 Å². The normalized spacial score (nSPS) is 14.7. The van der Waals surface area contributed by atoms with Gasteiger partial charge in [-0.1, -0.05) is 41.9 Å². The Morgan fingerprint density at radius 2 is 1.71 bits per heavy atom. The lowest BCUT2D eigenvalue weighted by molar-refractivity contribution is 0.340. The summed E-state index contributed by atoms with van der Waals surface area (Å²) in [5, 5.41) is 8.83. The van der Waals surface area contributed by atoms with E-state index in [1.807, 2.05) is 6.08 Å². The molecule has 0 aliphatic carbocycles. The molecule has 98 valence electrons. The van der Waals surface area contributed by atoms with Gasteiger partial charge in [-0.3, -0.25) is 0 Å². The number of aliphatic hydroxyl groups is 1. The largest absolute Gasteiger partial charge is 0.392 e. The van der Waals surface area contributed by atoms with E-state index < -0.39 is 0 Å². The second-order valence-corrected chi connectivity index (χ2v) is 5.14. The Kier molecular flexibility index (Phi) is 8.79. The summed E-state index contributed by atoms with van der Waals surface area (Å²) in [7, 11) is 0. The van der Waals surface area contributed by atoms with Gasteiger partial charge < -0.3 is 5.11 Å². The first-order chi connectivity index (χ1) is 7.97. The van der Waals surface area contributed by atoms with Crippen molar-refractivity contribution in [3.8, 4) is 0 Å². The highest BCUT2D eigenvalue weighted by molar-refractivity contribution is 5.08. The van der Waals surface area contributed by atoms with E-state index in [1.54, 1.807) is 0 Å². The standard InChI is InChI=1S/C16H28O/c1-13(2)7-6-8-14(3)9-10-15(4)16(5)11-12-17/h7,9,11,15,17H,6,8,10,12H2,1-5H3/b14-9+,16-11+/t15-/m1/s1. The van der Waals surface area contributed by atoms with Crippen molar-refractivity contribution in [3.63, 3.8) is 0 Å². The number of rotatable bonds is 7. The molecule has 1 N–H and O–H groups in total. The quantitative estimate of drug-likeness (QED) is 0.638.